The molecule has 0 radical (unpaired) electrons. The van der Waals surface area contributed by atoms with E-state index in [9.17, 15) is 9.59 Å². The average molecular weight is 251 g/mol. The van der Waals surface area contributed by atoms with Gasteiger partial charge in [0.05, 0.1) is 7.11 Å². The number of rotatable bonds is 8. The molecular weight excluding hydrogens is 230 g/mol. The summed E-state index contributed by atoms with van der Waals surface area (Å²) in [4.78, 5) is 22.2. The molecule has 18 heavy (non-hydrogen) atoms. The van der Waals surface area contributed by atoms with Gasteiger partial charge in [-0.3, -0.25) is 4.79 Å². The van der Waals surface area contributed by atoms with Crippen LogP contribution in [0.3, 0.4) is 0 Å². The zero-order valence-electron chi connectivity index (χ0n) is 11.0. The van der Waals surface area contributed by atoms with Gasteiger partial charge in [0, 0.05) is 12.5 Å². The second-order valence-electron chi connectivity index (χ2n) is 3.87. The third-order valence-corrected chi connectivity index (χ3v) is 2.22. The van der Waals surface area contributed by atoms with E-state index < -0.39 is 6.09 Å². The zero-order valence-corrected chi connectivity index (χ0v) is 11.0. The summed E-state index contributed by atoms with van der Waals surface area (Å²) in [7, 11) is 1.31. The van der Waals surface area contributed by atoms with Crippen molar-refractivity contribution in [3.8, 4) is 0 Å². The molecule has 0 aromatic rings. The maximum absolute atomic E-state index is 11.1. The van der Waals surface area contributed by atoms with E-state index in [-0.39, 0.29) is 11.8 Å². The fourth-order valence-electron chi connectivity index (χ4n) is 1.41. The summed E-state index contributed by atoms with van der Waals surface area (Å²) in [6, 6.07) is -0.178. The van der Waals surface area contributed by atoms with Crippen LogP contribution in [0, 0.1) is 0 Å². The molecule has 0 aliphatic heterocycles. The van der Waals surface area contributed by atoms with Crippen LogP contribution < -0.4 is 5.32 Å². The van der Waals surface area contributed by atoms with E-state index >= 15 is 0 Å². The molecule has 1 amide bonds. The second kappa shape index (κ2) is 10.3. The lowest BCUT2D eigenvalue weighted by Crippen LogP contribution is -2.35. The van der Waals surface area contributed by atoms with Crippen molar-refractivity contribution in [2.75, 3.05) is 7.11 Å². The van der Waals surface area contributed by atoms with Gasteiger partial charge in [0.2, 0.25) is 0 Å². The highest BCUT2D eigenvalue weighted by Crippen LogP contribution is 2.04. The first kappa shape index (κ1) is 16.2. The van der Waals surface area contributed by atoms with Crippen LogP contribution in [-0.2, 0) is 9.53 Å². The molecule has 1 unspecified atom stereocenters. The number of ketones is 1. The molecule has 0 aliphatic carbocycles. The van der Waals surface area contributed by atoms with Crippen LogP contribution in [0.4, 0.5) is 4.79 Å². The summed E-state index contributed by atoms with van der Waals surface area (Å²) in [6.45, 7) is 5.07. The fraction of sp³-hybridized carbons (Fsp3) is 0.429. The van der Waals surface area contributed by atoms with Crippen molar-refractivity contribution in [1.82, 2.24) is 5.32 Å². The van der Waals surface area contributed by atoms with E-state index in [4.69, 9.17) is 0 Å². The van der Waals surface area contributed by atoms with Gasteiger partial charge in [-0.2, -0.15) is 0 Å². The summed E-state index contributed by atoms with van der Waals surface area (Å²) in [6.07, 6.45) is 10.6. The summed E-state index contributed by atoms with van der Waals surface area (Å²) >= 11 is 0. The Morgan fingerprint density at radius 3 is 2.61 bits per heavy atom. The number of Topliss-reactive ketones (excluding diaryl/α,β-unsaturated/α-hetero) is 1. The number of hydrogen-bond donors (Lipinski definition) is 1. The number of methoxy groups -OCH3 is 1. The van der Waals surface area contributed by atoms with E-state index in [2.05, 4.69) is 16.6 Å². The number of amides is 1. The normalized spacial score (nSPS) is 12.6. The van der Waals surface area contributed by atoms with Gasteiger partial charge in [-0.05, 0) is 19.8 Å². The molecule has 0 aromatic heterocycles. The fourth-order valence-corrected chi connectivity index (χ4v) is 1.41. The van der Waals surface area contributed by atoms with Gasteiger partial charge >= 0.3 is 6.09 Å². The smallest absolute Gasteiger partial charge is 0.407 e. The van der Waals surface area contributed by atoms with E-state index in [1.807, 2.05) is 24.3 Å². The van der Waals surface area contributed by atoms with Crippen molar-refractivity contribution < 1.29 is 14.3 Å². The van der Waals surface area contributed by atoms with Crippen LogP contribution in [0.15, 0.2) is 37.0 Å². The van der Waals surface area contributed by atoms with E-state index in [0.29, 0.717) is 12.8 Å². The highest BCUT2D eigenvalue weighted by atomic mass is 16.5. The van der Waals surface area contributed by atoms with Gasteiger partial charge in [0.1, 0.15) is 5.78 Å². The second-order valence-corrected chi connectivity index (χ2v) is 3.87. The minimum Gasteiger partial charge on any atom is -0.453 e. The van der Waals surface area contributed by atoms with Crippen molar-refractivity contribution >= 4 is 11.9 Å². The maximum Gasteiger partial charge on any atom is 0.407 e. The molecule has 0 aromatic carbocycles. The Bertz CT molecular complexity index is 332. The first-order valence-electron chi connectivity index (χ1n) is 5.88. The molecule has 0 saturated carbocycles. The molecule has 1 atom stereocenters. The number of ether oxygens (including phenoxy) is 1. The molecule has 0 aliphatic rings. The number of carbonyl (C=O) groups is 2. The summed E-state index contributed by atoms with van der Waals surface area (Å²) in [5.41, 5.74) is 0. The summed E-state index contributed by atoms with van der Waals surface area (Å²) in [5.74, 6) is 0.0481. The Balaban J connectivity index is 4.11. The minimum absolute atomic E-state index is 0.0481. The van der Waals surface area contributed by atoms with Crippen molar-refractivity contribution in [2.24, 2.45) is 0 Å². The number of allylic oxidation sites excluding steroid dienone is 5. The Morgan fingerprint density at radius 2 is 2.06 bits per heavy atom. The quantitative estimate of drug-likeness (QED) is 0.675. The molecule has 0 spiro atoms. The van der Waals surface area contributed by atoms with Crippen molar-refractivity contribution in [2.45, 2.75) is 32.2 Å². The SMILES string of the molecule is C=C/C=C\C=C/CCC(CC(C)=O)NC(=O)OC. The molecule has 0 saturated heterocycles. The standard InChI is InChI=1S/C14H21NO3/c1-4-5-6-7-8-9-10-13(11-12(2)16)15-14(17)18-3/h4-8,13H,1,9-11H2,2-3H3,(H,15,17)/b6-5-,8-7-. The Labute approximate surface area is 108 Å². The van der Waals surface area contributed by atoms with Gasteiger partial charge in [-0.15, -0.1) is 0 Å². The summed E-state index contributed by atoms with van der Waals surface area (Å²) < 4.78 is 4.52. The molecule has 4 nitrogen and oxygen atoms in total. The maximum atomic E-state index is 11.1. The molecule has 100 valence electrons. The Hall–Kier alpha value is -1.84. The van der Waals surface area contributed by atoms with Gasteiger partial charge in [0.25, 0.3) is 0 Å². The highest BCUT2D eigenvalue weighted by molar-refractivity contribution is 5.77. The minimum atomic E-state index is -0.503. The van der Waals surface area contributed by atoms with Crippen molar-refractivity contribution in [3.05, 3.63) is 37.0 Å². The molecule has 1 N–H and O–H groups in total. The Morgan fingerprint density at radius 1 is 1.33 bits per heavy atom. The average Bonchev–Trinajstić information content (AvgIpc) is 2.32. The first-order chi connectivity index (χ1) is 8.60. The van der Waals surface area contributed by atoms with E-state index in [1.54, 1.807) is 6.08 Å². The predicted molar refractivity (Wildman–Crippen MR) is 72.3 cm³/mol. The molecule has 0 fully saturated rings. The van der Waals surface area contributed by atoms with Crippen LogP contribution >= 0.6 is 0 Å². The van der Waals surface area contributed by atoms with E-state index in [1.165, 1.54) is 14.0 Å². The molecule has 0 bridgehead atoms. The zero-order chi connectivity index (χ0) is 13.8. The van der Waals surface area contributed by atoms with Gasteiger partial charge in [0.15, 0.2) is 0 Å². The van der Waals surface area contributed by atoms with Crippen LogP contribution in [-0.4, -0.2) is 25.0 Å². The lowest BCUT2D eigenvalue weighted by Gasteiger charge is -2.15. The number of carbonyl (C=O) groups excluding carboxylic acids is 2. The van der Waals surface area contributed by atoms with Gasteiger partial charge in [-0.1, -0.05) is 37.0 Å². The lowest BCUT2D eigenvalue weighted by atomic mass is 10.1. The van der Waals surface area contributed by atoms with E-state index in [0.717, 1.165) is 6.42 Å². The largest absolute Gasteiger partial charge is 0.453 e. The first-order valence-corrected chi connectivity index (χ1v) is 5.88. The third kappa shape index (κ3) is 9.39. The van der Waals surface area contributed by atoms with Gasteiger partial charge < -0.3 is 10.1 Å². The Kier molecular flexibility index (Phi) is 9.27. The van der Waals surface area contributed by atoms with Crippen molar-refractivity contribution in [3.63, 3.8) is 0 Å². The number of alkyl carbamates (subject to hydrolysis) is 1. The monoisotopic (exact) mass is 251 g/mol. The van der Waals surface area contributed by atoms with Crippen LogP contribution in [0.2, 0.25) is 0 Å². The summed E-state index contributed by atoms with van der Waals surface area (Å²) in [5, 5.41) is 2.65. The molecule has 0 rings (SSSR count). The number of nitrogens with one attached hydrogen (secondary N) is 1. The molecule has 0 heterocycles. The lowest BCUT2D eigenvalue weighted by molar-refractivity contribution is -0.117. The van der Waals surface area contributed by atoms with Crippen LogP contribution in [0.25, 0.3) is 0 Å². The van der Waals surface area contributed by atoms with Crippen molar-refractivity contribution in [1.29, 1.82) is 0 Å². The van der Waals surface area contributed by atoms with Gasteiger partial charge in [-0.25, -0.2) is 4.79 Å². The third-order valence-electron chi connectivity index (χ3n) is 2.22. The molecular formula is C14H21NO3. The van der Waals surface area contributed by atoms with Crippen LogP contribution in [0.5, 0.6) is 0 Å². The topological polar surface area (TPSA) is 55.4 Å². The number of hydrogen-bond acceptors (Lipinski definition) is 3. The van der Waals surface area contributed by atoms with Crippen LogP contribution in [0.1, 0.15) is 26.2 Å². The molecule has 4 heteroatoms. The highest BCUT2D eigenvalue weighted by Gasteiger charge is 2.13. The predicted octanol–water partition coefficient (Wildman–Crippen LogP) is 2.77.